The number of aliphatic hydroxyl groups is 1. The Morgan fingerprint density at radius 3 is 2.75 bits per heavy atom. The first-order valence-electron chi connectivity index (χ1n) is 7.03. The van der Waals surface area contributed by atoms with Crippen LogP contribution in [0.25, 0.3) is 0 Å². The fourth-order valence-electron chi connectivity index (χ4n) is 1.81. The van der Waals surface area contributed by atoms with Gasteiger partial charge in [0.1, 0.15) is 0 Å². The lowest BCUT2D eigenvalue weighted by Gasteiger charge is -2.20. The van der Waals surface area contributed by atoms with Crippen LogP contribution in [0.5, 0.6) is 0 Å². The second-order valence-electron chi connectivity index (χ2n) is 5.17. The molecule has 1 unspecified atom stereocenters. The molecule has 0 radical (unpaired) electrons. The van der Waals surface area contributed by atoms with Gasteiger partial charge in [0.15, 0.2) is 0 Å². The number of likely N-dealkylation sites (N-methyl/N-ethyl adjacent to an activating group) is 1. The summed E-state index contributed by atoms with van der Waals surface area (Å²) in [6.07, 6.45) is 1.49. The van der Waals surface area contributed by atoms with Crippen LogP contribution in [0.2, 0.25) is 0 Å². The van der Waals surface area contributed by atoms with Crippen molar-refractivity contribution in [3.63, 3.8) is 0 Å². The van der Waals surface area contributed by atoms with E-state index >= 15 is 0 Å². The van der Waals surface area contributed by atoms with E-state index in [0.717, 1.165) is 5.69 Å². The Kier molecular flexibility index (Phi) is 8.37. The van der Waals surface area contributed by atoms with Crippen LogP contribution in [0.15, 0.2) is 24.4 Å². The van der Waals surface area contributed by atoms with Gasteiger partial charge in [0.05, 0.1) is 37.7 Å². The van der Waals surface area contributed by atoms with Crippen molar-refractivity contribution in [1.82, 2.24) is 9.88 Å². The van der Waals surface area contributed by atoms with Gasteiger partial charge >= 0.3 is 0 Å². The highest BCUT2D eigenvalue weighted by atomic mass is 16.5. The Morgan fingerprint density at radius 1 is 1.30 bits per heavy atom. The quantitative estimate of drug-likeness (QED) is 0.656. The largest absolute Gasteiger partial charge is 0.389 e. The number of pyridine rings is 1. The third-order valence-corrected chi connectivity index (χ3v) is 2.67. The lowest BCUT2D eigenvalue weighted by molar-refractivity contribution is -0.0174. The monoisotopic (exact) mass is 282 g/mol. The molecular weight excluding hydrogens is 256 g/mol. The van der Waals surface area contributed by atoms with Crippen LogP contribution >= 0.6 is 0 Å². The van der Waals surface area contributed by atoms with Crippen molar-refractivity contribution >= 4 is 0 Å². The molecule has 0 spiro atoms. The predicted molar refractivity (Wildman–Crippen MR) is 78.5 cm³/mol. The van der Waals surface area contributed by atoms with Gasteiger partial charge in [0.25, 0.3) is 0 Å². The number of aromatic nitrogens is 1. The molecule has 114 valence electrons. The summed E-state index contributed by atoms with van der Waals surface area (Å²) in [7, 11) is 1.96. The van der Waals surface area contributed by atoms with Gasteiger partial charge in [-0.05, 0) is 33.0 Å². The van der Waals surface area contributed by atoms with Crippen LogP contribution in [-0.2, 0) is 16.0 Å². The van der Waals surface area contributed by atoms with Crippen LogP contribution in [0.4, 0.5) is 0 Å². The molecule has 1 N–H and O–H groups in total. The first kappa shape index (κ1) is 17.0. The Labute approximate surface area is 121 Å². The topological polar surface area (TPSA) is 54.8 Å². The van der Waals surface area contributed by atoms with Gasteiger partial charge in [-0.1, -0.05) is 6.07 Å². The number of aliphatic hydroxyl groups excluding tert-OH is 1. The molecule has 5 nitrogen and oxygen atoms in total. The molecule has 0 aliphatic carbocycles. The fourth-order valence-corrected chi connectivity index (χ4v) is 1.81. The summed E-state index contributed by atoms with van der Waals surface area (Å²) < 4.78 is 10.7. The number of hydrogen-bond donors (Lipinski definition) is 1. The van der Waals surface area contributed by atoms with E-state index in [1.54, 1.807) is 6.20 Å². The van der Waals surface area contributed by atoms with Crippen LogP contribution < -0.4 is 0 Å². The molecule has 0 fully saturated rings. The van der Waals surface area contributed by atoms with E-state index in [2.05, 4.69) is 4.98 Å². The maximum absolute atomic E-state index is 9.88. The van der Waals surface area contributed by atoms with E-state index in [4.69, 9.17) is 9.47 Å². The Morgan fingerprint density at radius 2 is 2.10 bits per heavy atom. The van der Waals surface area contributed by atoms with Crippen LogP contribution in [-0.4, -0.2) is 60.6 Å². The van der Waals surface area contributed by atoms with Gasteiger partial charge in [-0.25, -0.2) is 0 Å². The molecule has 5 heteroatoms. The van der Waals surface area contributed by atoms with Crippen LogP contribution in [0.1, 0.15) is 19.5 Å². The zero-order valence-electron chi connectivity index (χ0n) is 12.7. The molecule has 0 aliphatic rings. The van der Waals surface area contributed by atoms with Gasteiger partial charge in [-0.2, -0.15) is 0 Å². The lowest BCUT2D eigenvalue weighted by Crippen LogP contribution is -2.32. The Hall–Kier alpha value is -1.01. The average Bonchev–Trinajstić information content (AvgIpc) is 2.38. The number of ether oxygens (including phenoxy) is 2. The van der Waals surface area contributed by atoms with Crippen molar-refractivity contribution in [1.29, 1.82) is 0 Å². The lowest BCUT2D eigenvalue weighted by atomic mass is 10.3. The van der Waals surface area contributed by atoms with E-state index < -0.39 is 6.10 Å². The zero-order valence-corrected chi connectivity index (χ0v) is 12.7. The Balaban J connectivity index is 2.10. The molecule has 0 saturated heterocycles. The molecule has 1 heterocycles. The Bertz CT molecular complexity index is 346. The minimum atomic E-state index is -0.497. The highest BCUT2D eigenvalue weighted by Gasteiger charge is 2.09. The molecule has 1 aromatic rings. The van der Waals surface area contributed by atoms with E-state index in [-0.39, 0.29) is 6.10 Å². The molecule has 0 saturated carbocycles. The summed E-state index contributed by atoms with van der Waals surface area (Å²) in [6, 6.07) is 5.83. The van der Waals surface area contributed by atoms with E-state index in [1.165, 1.54) is 0 Å². The highest BCUT2D eigenvalue weighted by molar-refractivity contribution is 5.03. The van der Waals surface area contributed by atoms with Crippen molar-refractivity contribution in [3.05, 3.63) is 30.1 Å². The number of hydrogen-bond acceptors (Lipinski definition) is 5. The minimum Gasteiger partial charge on any atom is -0.389 e. The molecule has 20 heavy (non-hydrogen) atoms. The average molecular weight is 282 g/mol. The second kappa shape index (κ2) is 9.83. The molecule has 1 aromatic heterocycles. The van der Waals surface area contributed by atoms with Gasteiger partial charge in [-0.3, -0.25) is 9.88 Å². The van der Waals surface area contributed by atoms with Crippen molar-refractivity contribution in [2.75, 3.05) is 33.4 Å². The molecule has 0 bridgehead atoms. The van der Waals surface area contributed by atoms with Gasteiger partial charge < -0.3 is 14.6 Å². The summed E-state index contributed by atoms with van der Waals surface area (Å²) in [4.78, 5) is 6.29. The number of nitrogens with zero attached hydrogens (tertiary/aromatic N) is 2. The van der Waals surface area contributed by atoms with Crippen molar-refractivity contribution in [2.24, 2.45) is 0 Å². The highest BCUT2D eigenvalue weighted by Crippen LogP contribution is 2.00. The van der Waals surface area contributed by atoms with E-state index in [1.807, 2.05) is 44.0 Å². The van der Waals surface area contributed by atoms with Gasteiger partial charge in [-0.15, -0.1) is 0 Å². The summed E-state index contributed by atoms with van der Waals surface area (Å²) in [5.74, 6) is 0. The second-order valence-corrected chi connectivity index (χ2v) is 5.17. The fraction of sp³-hybridized carbons (Fsp3) is 0.667. The summed E-state index contributed by atoms with van der Waals surface area (Å²) in [5.41, 5.74) is 0.994. The predicted octanol–water partition coefficient (Wildman–Crippen LogP) is 1.32. The molecule has 0 aromatic carbocycles. The summed E-state index contributed by atoms with van der Waals surface area (Å²) in [6.45, 7) is 6.65. The van der Waals surface area contributed by atoms with Crippen molar-refractivity contribution in [2.45, 2.75) is 32.6 Å². The van der Waals surface area contributed by atoms with Crippen LogP contribution in [0.3, 0.4) is 0 Å². The van der Waals surface area contributed by atoms with Gasteiger partial charge in [0.2, 0.25) is 0 Å². The van der Waals surface area contributed by atoms with Gasteiger partial charge in [0, 0.05) is 19.3 Å². The molecule has 0 aliphatic heterocycles. The minimum absolute atomic E-state index is 0.216. The van der Waals surface area contributed by atoms with Crippen molar-refractivity contribution in [3.8, 4) is 0 Å². The molecular formula is C15H26N2O3. The van der Waals surface area contributed by atoms with Crippen LogP contribution in [0, 0.1) is 0 Å². The first-order valence-corrected chi connectivity index (χ1v) is 7.03. The third kappa shape index (κ3) is 8.22. The smallest absolute Gasteiger partial charge is 0.0900 e. The SMILES string of the molecule is CC(C)OCCOCC(O)CN(C)Cc1ccccn1. The third-order valence-electron chi connectivity index (χ3n) is 2.67. The number of rotatable bonds is 10. The molecule has 1 atom stereocenters. The van der Waals surface area contributed by atoms with E-state index in [0.29, 0.717) is 32.9 Å². The normalized spacial score (nSPS) is 13.1. The standard InChI is InChI=1S/C15H26N2O3/c1-13(2)20-9-8-19-12-15(18)11-17(3)10-14-6-4-5-7-16-14/h4-7,13,15,18H,8-12H2,1-3H3. The maximum atomic E-state index is 9.88. The van der Waals surface area contributed by atoms with Crippen molar-refractivity contribution < 1.29 is 14.6 Å². The zero-order chi connectivity index (χ0) is 14.8. The summed E-state index contributed by atoms with van der Waals surface area (Å²) in [5, 5.41) is 9.88. The van der Waals surface area contributed by atoms with E-state index in [9.17, 15) is 5.11 Å². The molecule has 0 amide bonds. The summed E-state index contributed by atoms with van der Waals surface area (Å²) >= 11 is 0. The molecule has 1 rings (SSSR count). The first-order chi connectivity index (χ1) is 9.58. The maximum Gasteiger partial charge on any atom is 0.0900 e.